The molecule has 2 aromatic rings. The lowest BCUT2D eigenvalue weighted by Gasteiger charge is -2.21. The Hall–Kier alpha value is -3.03. The summed E-state index contributed by atoms with van der Waals surface area (Å²) in [5.74, 6) is 0.302. The summed E-state index contributed by atoms with van der Waals surface area (Å²) in [6.45, 7) is 5.03. The molecule has 7 nitrogen and oxygen atoms in total. The number of carbonyl (C=O) groups excluding carboxylic acids is 1. The molecule has 3 N–H and O–H groups in total. The van der Waals surface area contributed by atoms with Gasteiger partial charge in [0.05, 0.1) is 20.1 Å². The smallest absolute Gasteiger partial charge is 0.228 e. The molecule has 31 heavy (non-hydrogen) atoms. The monoisotopic (exact) mass is 421 g/mol. The fourth-order valence-electron chi connectivity index (χ4n) is 4.43. The number of aromatic amines is 1. The molecule has 1 aliphatic carbocycles. The fourth-order valence-corrected chi connectivity index (χ4v) is 4.43. The number of carbonyl (C=O) groups is 1. The Morgan fingerprint density at radius 3 is 2.94 bits per heavy atom. The van der Waals surface area contributed by atoms with Crippen molar-refractivity contribution in [2.75, 3.05) is 20.3 Å². The molecule has 0 bridgehead atoms. The zero-order chi connectivity index (χ0) is 21.6. The molecule has 1 aromatic heterocycles. The normalized spacial score (nSPS) is 23.8. The Morgan fingerprint density at radius 2 is 2.16 bits per heavy atom. The Kier molecular flexibility index (Phi) is 4.87. The van der Waals surface area contributed by atoms with Crippen molar-refractivity contribution >= 4 is 22.5 Å². The number of rotatable bonds is 5. The van der Waals surface area contributed by atoms with Gasteiger partial charge in [0, 0.05) is 40.6 Å². The number of hydrogen-bond donors (Lipinski definition) is 3. The van der Waals surface area contributed by atoms with Gasteiger partial charge in [0.15, 0.2) is 5.79 Å². The van der Waals surface area contributed by atoms with Crippen LogP contribution < -0.4 is 15.4 Å². The number of amides is 1. The van der Waals surface area contributed by atoms with E-state index in [2.05, 4.69) is 21.7 Å². The number of nitrogens with one attached hydrogen (secondary N) is 3. The van der Waals surface area contributed by atoms with Crippen LogP contribution in [0.1, 0.15) is 32.3 Å². The molecule has 1 saturated heterocycles. The maximum atomic E-state index is 11.9. The molecule has 2 aliphatic heterocycles. The van der Waals surface area contributed by atoms with Crippen LogP contribution in [0.4, 0.5) is 0 Å². The minimum Gasteiger partial charge on any atom is -0.497 e. The molecular weight excluding hydrogens is 394 g/mol. The number of aromatic nitrogens is 1. The van der Waals surface area contributed by atoms with Crippen molar-refractivity contribution in [2.24, 2.45) is 0 Å². The number of ether oxygens (including phenoxy) is 3. The highest BCUT2D eigenvalue weighted by molar-refractivity contribution is 5.94. The quantitative estimate of drug-likeness (QED) is 0.689. The van der Waals surface area contributed by atoms with Gasteiger partial charge in [0.1, 0.15) is 11.9 Å². The molecule has 162 valence electrons. The summed E-state index contributed by atoms with van der Waals surface area (Å²) >= 11 is 0. The molecule has 3 aliphatic rings. The van der Waals surface area contributed by atoms with E-state index in [9.17, 15) is 4.79 Å². The molecule has 5 rings (SSSR count). The summed E-state index contributed by atoms with van der Waals surface area (Å²) in [5.41, 5.74) is 6.32. The van der Waals surface area contributed by atoms with Gasteiger partial charge in [0.25, 0.3) is 0 Å². The van der Waals surface area contributed by atoms with Crippen LogP contribution in [-0.2, 0) is 14.3 Å². The molecule has 0 radical (unpaired) electrons. The van der Waals surface area contributed by atoms with Gasteiger partial charge in [-0.15, -0.1) is 0 Å². The molecule has 1 aromatic carbocycles. The highest BCUT2D eigenvalue weighted by atomic mass is 16.7. The third-order valence-electron chi connectivity index (χ3n) is 5.94. The van der Waals surface area contributed by atoms with E-state index in [1.54, 1.807) is 7.11 Å². The zero-order valence-corrected chi connectivity index (χ0v) is 18.0. The van der Waals surface area contributed by atoms with Crippen molar-refractivity contribution in [3.63, 3.8) is 0 Å². The molecule has 1 amide bonds. The average Bonchev–Trinajstić information content (AvgIpc) is 3.43. The maximum Gasteiger partial charge on any atom is 0.228 e. The lowest BCUT2D eigenvalue weighted by atomic mass is 9.93. The SMILES string of the molecule is COc1ccc2[nH]cc(C(NCC3COC(C)(C)O3)=C3C=CC4=C(CC(=O)N4)C3)c2c1. The Balaban J connectivity index is 1.51. The van der Waals surface area contributed by atoms with Crippen molar-refractivity contribution in [2.45, 2.75) is 38.6 Å². The van der Waals surface area contributed by atoms with Crippen molar-refractivity contribution in [3.8, 4) is 5.75 Å². The van der Waals surface area contributed by atoms with Gasteiger partial charge >= 0.3 is 0 Å². The number of fused-ring (bicyclic) bond motifs is 1. The summed E-state index contributed by atoms with van der Waals surface area (Å²) in [6, 6.07) is 6.01. The molecule has 0 spiro atoms. The Labute approximate surface area is 181 Å². The highest BCUT2D eigenvalue weighted by Gasteiger charge is 2.33. The molecule has 1 unspecified atom stereocenters. The summed E-state index contributed by atoms with van der Waals surface area (Å²) in [7, 11) is 1.67. The number of methoxy groups -OCH3 is 1. The fraction of sp³-hybridized carbons (Fsp3) is 0.375. The number of benzene rings is 1. The van der Waals surface area contributed by atoms with Crippen LogP contribution in [0.15, 0.2) is 53.4 Å². The van der Waals surface area contributed by atoms with Crippen LogP contribution >= 0.6 is 0 Å². The summed E-state index contributed by atoms with van der Waals surface area (Å²) in [5, 5.41) is 7.64. The van der Waals surface area contributed by atoms with Gasteiger partial charge in [-0.1, -0.05) is 6.08 Å². The van der Waals surface area contributed by atoms with Gasteiger partial charge < -0.3 is 29.8 Å². The van der Waals surface area contributed by atoms with E-state index in [1.165, 1.54) is 0 Å². The second kappa shape index (κ2) is 7.59. The Morgan fingerprint density at radius 1 is 1.29 bits per heavy atom. The first kappa shape index (κ1) is 19.9. The van der Waals surface area contributed by atoms with Gasteiger partial charge in [-0.3, -0.25) is 4.79 Å². The summed E-state index contributed by atoms with van der Waals surface area (Å²) in [4.78, 5) is 15.2. The minimum atomic E-state index is -0.561. The highest BCUT2D eigenvalue weighted by Crippen LogP contribution is 2.35. The molecule has 1 fully saturated rings. The van der Waals surface area contributed by atoms with E-state index < -0.39 is 5.79 Å². The average molecular weight is 421 g/mol. The van der Waals surface area contributed by atoms with Gasteiger partial charge in [0.2, 0.25) is 5.91 Å². The summed E-state index contributed by atoms with van der Waals surface area (Å²) < 4.78 is 17.2. The van der Waals surface area contributed by atoms with Crippen LogP contribution in [0.25, 0.3) is 16.6 Å². The first-order chi connectivity index (χ1) is 14.9. The standard InChI is InChI=1S/C24H27N3O4/c1-24(2)30-13-17(31-24)11-26-23(14-4-6-20-15(8-14)9-22(28)27-20)19-12-25-21-7-5-16(29-3)10-18(19)21/h4-7,10,12,17,25-26H,8-9,11,13H2,1-3H3,(H,27,28). The maximum absolute atomic E-state index is 11.9. The number of H-pyrrole nitrogens is 1. The van der Waals surface area contributed by atoms with Gasteiger partial charge in [-0.25, -0.2) is 0 Å². The molecule has 7 heteroatoms. The lowest BCUT2D eigenvalue weighted by molar-refractivity contribution is -0.137. The third-order valence-corrected chi connectivity index (χ3v) is 5.94. The largest absolute Gasteiger partial charge is 0.497 e. The van der Waals surface area contributed by atoms with E-state index in [0.29, 0.717) is 19.6 Å². The Bertz CT molecular complexity index is 1140. The van der Waals surface area contributed by atoms with Gasteiger partial charge in [-0.05, 0) is 55.7 Å². The third kappa shape index (κ3) is 3.86. The van der Waals surface area contributed by atoms with E-state index in [-0.39, 0.29) is 12.0 Å². The first-order valence-electron chi connectivity index (χ1n) is 10.6. The zero-order valence-electron chi connectivity index (χ0n) is 18.0. The lowest BCUT2D eigenvalue weighted by Crippen LogP contribution is -2.30. The van der Waals surface area contributed by atoms with Crippen molar-refractivity contribution in [3.05, 3.63) is 59.0 Å². The molecular formula is C24H27N3O4. The predicted molar refractivity (Wildman–Crippen MR) is 118 cm³/mol. The van der Waals surface area contributed by atoms with Crippen LogP contribution in [0.3, 0.4) is 0 Å². The summed E-state index contributed by atoms with van der Waals surface area (Å²) in [6.07, 6.45) is 7.23. The number of hydrogen-bond acceptors (Lipinski definition) is 5. The van der Waals surface area contributed by atoms with E-state index >= 15 is 0 Å². The molecule has 3 heterocycles. The van der Waals surface area contributed by atoms with E-state index in [1.807, 2.05) is 44.3 Å². The molecule has 0 saturated carbocycles. The van der Waals surface area contributed by atoms with E-state index in [0.717, 1.165) is 51.2 Å². The second-order valence-corrected chi connectivity index (χ2v) is 8.60. The van der Waals surface area contributed by atoms with Crippen LogP contribution in [0.5, 0.6) is 5.75 Å². The van der Waals surface area contributed by atoms with Crippen LogP contribution in [-0.4, -0.2) is 43.0 Å². The van der Waals surface area contributed by atoms with Crippen molar-refractivity contribution in [1.82, 2.24) is 15.6 Å². The minimum absolute atomic E-state index is 0.0394. The first-order valence-corrected chi connectivity index (χ1v) is 10.6. The van der Waals surface area contributed by atoms with Crippen molar-refractivity contribution in [1.29, 1.82) is 0 Å². The van der Waals surface area contributed by atoms with Crippen LogP contribution in [0, 0.1) is 0 Å². The van der Waals surface area contributed by atoms with Crippen LogP contribution in [0.2, 0.25) is 0 Å². The second-order valence-electron chi connectivity index (χ2n) is 8.60. The molecule has 1 atom stereocenters. The van der Waals surface area contributed by atoms with Crippen molar-refractivity contribution < 1.29 is 19.0 Å². The van der Waals surface area contributed by atoms with E-state index in [4.69, 9.17) is 14.2 Å². The number of allylic oxidation sites excluding steroid dienone is 3. The van der Waals surface area contributed by atoms with Gasteiger partial charge in [-0.2, -0.15) is 0 Å². The topological polar surface area (TPSA) is 84.6 Å². The predicted octanol–water partition coefficient (Wildman–Crippen LogP) is 3.36.